The Morgan fingerprint density at radius 1 is 1.35 bits per heavy atom. The van der Waals surface area contributed by atoms with E-state index in [1.54, 1.807) is 12.1 Å². The van der Waals surface area contributed by atoms with Crippen LogP contribution in [0, 0.1) is 6.92 Å². The lowest BCUT2D eigenvalue weighted by atomic mass is 10.2. The quantitative estimate of drug-likeness (QED) is 0.765. The minimum atomic E-state index is -1.14. The number of anilines is 1. The number of H-pyrrole nitrogens is 1. The van der Waals surface area contributed by atoms with Crippen LogP contribution in [-0.4, -0.2) is 33.8 Å². The lowest BCUT2D eigenvalue weighted by molar-refractivity contribution is -0.118. The van der Waals surface area contributed by atoms with Crippen LogP contribution in [0.5, 0.6) is 5.75 Å². The van der Waals surface area contributed by atoms with Gasteiger partial charge >= 0.3 is 5.97 Å². The molecular weight excluding hydrogens is 262 g/mol. The van der Waals surface area contributed by atoms with Crippen LogP contribution in [0.1, 0.15) is 16.1 Å². The lowest BCUT2D eigenvalue weighted by Crippen LogP contribution is -2.20. The van der Waals surface area contributed by atoms with E-state index < -0.39 is 11.9 Å². The third kappa shape index (κ3) is 3.58. The molecule has 0 aliphatic heterocycles. The molecule has 0 aliphatic carbocycles. The van der Waals surface area contributed by atoms with E-state index in [4.69, 9.17) is 9.84 Å². The summed E-state index contributed by atoms with van der Waals surface area (Å²) >= 11 is 0. The molecule has 1 aromatic carbocycles. The van der Waals surface area contributed by atoms with Crippen LogP contribution in [0.4, 0.5) is 5.82 Å². The average molecular weight is 275 g/mol. The van der Waals surface area contributed by atoms with Gasteiger partial charge in [-0.05, 0) is 19.1 Å². The first-order chi connectivity index (χ1) is 9.54. The van der Waals surface area contributed by atoms with Gasteiger partial charge in [-0.15, -0.1) is 0 Å². The monoisotopic (exact) mass is 275 g/mol. The molecule has 0 unspecified atom stereocenters. The zero-order chi connectivity index (χ0) is 14.5. The third-order valence-corrected chi connectivity index (χ3v) is 2.47. The summed E-state index contributed by atoms with van der Waals surface area (Å²) in [5.41, 5.74) is 0.999. The predicted octanol–water partition coefficient (Wildman–Crippen LogP) is 1.43. The molecule has 1 aromatic heterocycles. The molecule has 104 valence electrons. The van der Waals surface area contributed by atoms with E-state index in [-0.39, 0.29) is 18.1 Å². The van der Waals surface area contributed by atoms with Gasteiger partial charge in [-0.1, -0.05) is 17.7 Å². The zero-order valence-corrected chi connectivity index (χ0v) is 10.7. The van der Waals surface area contributed by atoms with Gasteiger partial charge in [0.2, 0.25) is 0 Å². The van der Waals surface area contributed by atoms with Gasteiger partial charge in [-0.3, -0.25) is 9.89 Å². The number of ether oxygens (including phenoxy) is 1. The summed E-state index contributed by atoms with van der Waals surface area (Å²) in [6, 6.07) is 8.51. The molecule has 1 amide bonds. The molecule has 0 aliphatic rings. The van der Waals surface area contributed by atoms with Crippen LogP contribution in [0.3, 0.4) is 0 Å². The number of carboxylic acid groups (broad SMARTS) is 1. The van der Waals surface area contributed by atoms with Gasteiger partial charge in [-0.25, -0.2) is 4.79 Å². The molecule has 2 rings (SSSR count). The molecule has 3 N–H and O–H groups in total. The smallest absolute Gasteiger partial charge is 0.353 e. The molecule has 0 saturated heterocycles. The summed E-state index contributed by atoms with van der Waals surface area (Å²) in [4.78, 5) is 22.2. The highest BCUT2D eigenvalue weighted by Crippen LogP contribution is 2.11. The van der Waals surface area contributed by atoms with Crippen LogP contribution in [0.25, 0.3) is 0 Å². The first kappa shape index (κ1) is 13.6. The van der Waals surface area contributed by atoms with Gasteiger partial charge in [0.25, 0.3) is 5.91 Å². The number of aryl methyl sites for hydroxylation is 1. The standard InChI is InChI=1S/C13H13N3O4/c1-8-2-4-9(5-3-8)20-7-12(17)14-11-6-10(13(18)19)15-16-11/h2-6H,7H2,1H3,(H,18,19)(H2,14,15,16,17). The molecule has 7 heteroatoms. The number of aromatic amines is 1. The zero-order valence-electron chi connectivity index (χ0n) is 10.7. The molecule has 0 radical (unpaired) electrons. The Hall–Kier alpha value is -2.83. The summed E-state index contributed by atoms with van der Waals surface area (Å²) in [5, 5.41) is 17.1. The number of carboxylic acids is 1. The number of aromatic carboxylic acids is 1. The third-order valence-electron chi connectivity index (χ3n) is 2.47. The van der Waals surface area contributed by atoms with Crippen molar-refractivity contribution >= 4 is 17.7 Å². The highest BCUT2D eigenvalue weighted by molar-refractivity contribution is 5.93. The Morgan fingerprint density at radius 2 is 2.05 bits per heavy atom. The van der Waals surface area contributed by atoms with Gasteiger partial charge in [0.1, 0.15) is 11.4 Å². The second kappa shape index (κ2) is 5.87. The fourth-order valence-electron chi connectivity index (χ4n) is 1.46. The topological polar surface area (TPSA) is 104 Å². The van der Waals surface area contributed by atoms with E-state index in [2.05, 4.69) is 15.5 Å². The summed E-state index contributed by atoms with van der Waals surface area (Å²) < 4.78 is 5.28. The van der Waals surface area contributed by atoms with Crippen molar-refractivity contribution in [3.63, 3.8) is 0 Å². The number of benzene rings is 1. The number of rotatable bonds is 5. The summed E-state index contributed by atoms with van der Waals surface area (Å²) in [5.74, 6) is -0.846. The Labute approximate surface area is 114 Å². The van der Waals surface area contributed by atoms with Crippen LogP contribution in [-0.2, 0) is 4.79 Å². The predicted molar refractivity (Wildman–Crippen MR) is 70.9 cm³/mol. The summed E-state index contributed by atoms with van der Waals surface area (Å²) in [6.45, 7) is 1.77. The van der Waals surface area contributed by atoms with Crippen molar-refractivity contribution < 1.29 is 19.4 Å². The second-order valence-corrected chi connectivity index (χ2v) is 4.12. The maximum absolute atomic E-state index is 11.6. The van der Waals surface area contributed by atoms with Crippen LogP contribution < -0.4 is 10.1 Å². The van der Waals surface area contributed by atoms with Gasteiger partial charge in [-0.2, -0.15) is 5.10 Å². The second-order valence-electron chi connectivity index (χ2n) is 4.12. The van der Waals surface area contributed by atoms with Gasteiger partial charge in [0.15, 0.2) is 12.4 Å². The van der Waals surface area contributed by atoms with E-state index in [1.807, 2.05) is 19.1 Å². The minimum Gasteiger partial charge on any atom is -0.484 e. The SMILES string of the molecule is Cc1ccc(OCC(=O)Nc2cc(C(=O)O)[nH]n2)cc1. The number of hydrogen-bond donors (Lipinski definition) is 3. The van der Waals surface area contributed by atoms with Crippen molar-refractivity contribution in [2.45, 2.75) is 6.92 Å². The van der Waals surface area contributed by atoms with Crippen LogP contribution >= 0.6 is 0 Å². The fourth-order valence-corrected chi connectivity index (χ4v) is 1.46. The Balaban J connectivity index is 1.85. The number of carbonyl (C=O) groups excluding carboxylic acids is 1. The molecule has 0 bridgehead atoms. The molecule has 2 aromatic rings. The van der Waals surface area contributed by atoms with Gasteiger partial charge < -0.3 is 15.2 Å². The van der Waals surface area contributed by atoms with E-state index in [9.17, 15) is 9.59 Å². The van der Waals surface area contributed by atoms with Crippen molar-refractivity contribution in [3.8, 4) is 5.75 Å². The maximum atomic E-state index is 11.6. The first-order valence-corrected chi connectivity index (χ1v) is 5.82. The maximum Gasteiger partial charge on any atom is 0.353 e. The highest BCUT2D eigenvalue weighted by atomic mass is 16.5. The van der Waals surface area contributed by atoms with E-state index in [0.717, 1.165) is 5.56 Å². The Bertz CT molecular complexity index is 619. The largest absolute Gasteiger partial charge is 0.484 e. The molecule has 0 atom stereocenters. The van der Waals surface area contributed by atoms with E-state index in [0.29, 0.717) is 5.75 Å². The van der Waals surface area contributed by atoms with Gasteiger partial charge in [0.05, 0.1) is 0 Å². The van der Waals surface area contributed by atoms with Crippen LogP contribution in [0.15, 0.2) is 30.3 Å². The Kier molecular flexibility index (Phi) is 3.99. The average Bonchev–Trinajstić information content (AvgIpc) is 2.87. The highest BCUT2D eigenvalue weighted by Gasteiger charge is 2.10. The lowest BCUT2D eigenvalue weighted by Gasteiger charge is -2.05. The van der Waals surface area contributed by atoms with Crippen molar-refractivity contribution in [2.24, 2.45) is 0 Å². The summed E-state index contributed by atoms with van der Waals surface area (Å²) in [7, 11) is 0. The first-order valence-electron chi connectivity index (χ1n) is 5.82. The van der Waals surface area contributed by atoms with E-state index >= 15 is 0 Å². The molecule has 20 heavy (non-hydrogen) atoms. The molecule has 1 heterocycles. The van der Waals surface area contributed by atoms with Crippen LogP contribution in [0.2, 0.25) is 0 Å². The van der Waals surface area contributed by atoms with Crippen molar-refractivity contribution in [1.29, 1.82) is 0 Å². The molecular formula is C13H13N3O4. The normalized spacial score (nSPS) is 10.1. The van der Waals surface area contributed by atoms with Gasteiger partial charge in [0, 0.05) is 6.07 Å². The molecule has 7 nitrogen and oxygen atoms in total. The minimum absolute atomic E-state index is 0.0975. The molecule has 0 fully saturated rings. The molecule has 0 saturated carbocycles. The fraction of sp³-hybridized carbons (Fsp3) is 0.154. The number of aromatic nitrogens is 2. The number of carbonyl (C=O) groups is 2. The number of amides is 1. The Morgan fingerprint density at radius 3 is 2.65 bits per heavy atom. The molecule has 0 spiro atoms. The number of nitrogens with one attached hydrogen (secondary N) is 2. The summed E-state index contributed by atoms with van der Waals surface area (Å²) in [6.07, 6.45) is 0. The van der Waals surface area contributed by atoms with Crippen molar-refractivity contribution in [3.05, 3.63) is 41.6 Å². The number of nitrogens with zero attached hydrogens (tertiary/aromatic N) is 1. The van der Waals surface area contributed by atoms with Crippen molar-refractivity contribution in [2.75, 3.05) is 11.9 Å². The number of hydrogen-bond acceptors (Lipinski definition) is 4. The van der Waals surface area contributed by atoms with Crippen molar-refractivity contribution in [1.82, 2.24) is 10.2 Å². The van der Waals surface area contributed by atoms with E-state index in [1.165, 1.54) is 6.07 Å².